The predicted molar refractivity (Wildman–Crippen MR) is 66.8 cm³/mol. The van der Waals surface area contributed by atoms with Crippen molar-refractivity contribution in [3.63, 3.8) is 0 Å². The van der Waals surface area contributed by atoms with Gasteiger partial charge in [0, 0.05) is 18.8 Å². The Morgan fingerprint density at radius 3 is 3.12 bits per heavy atom. The summed E-state index contributed by atoms with van der Waals surface area (Å²) >= 11 is 0. The van der Waals surface area contributed by atoms with Crippen LogP contribution in [0.25, 0.3) is 0 Å². The minimum atomic E-state index is 0.00274. The molecular formula is C13H18N2O2. The van der Waals surface area contributed by atoms with Gasteiger partial charge in [0.05, 0.1) is 12.5 Å². The highest BCUT2D eigenvalue weighted by Crippen LogP contribution is 2.16. The van der Waals surface area contributed by atoms with Gasteiger partial charge in [-0.05, 0) is 31.2 Å². The molecule has 2 rings (SSSR count). The van der Waals surface area contributed by atoms with Gasteiger partial charge in [-0.3, -0.25) is 4.79 Å². The topological polar surface area (TPSA) is 50.4 Å². The molecule has 0 aromatic heterocycles. The van der Waals surface area contributed by atoms with E-state index in [-0.39, 0.29) is 11.8 Å². The van der Waals surface area contributed by atoms with Crippen LogP contribution in [-0.4, -0.2) is 26.2 Å². The maximum atomic E-state index is 11.9. The zero-order chi connectivity index (χ0) is 12.1. The van der Waals surface area contributed by atoms with Gasteiger partial charge in [0.2, 0.25) is 5.91 Å². The van der Waals surface area contributed by atoms with Crippen LogP contribution in [0, 0.1) is 5.92 Å². The summed E-state index contributed by atoms with van der Waals surface area (Å²) in [4.78, 5) is 11.9. The molecule has 2 N–H and O–H groups in total. The number of amides is 1. The predicted octanol–water partition coefficient (Wildman–Crippen LogP) is 1.38. The summed E-state index contributed by atoms with van der Waals surface area (Å²) in [6.45, 7) is 2.04. The Hall–Kier alpha value is -1.39. The number of benzene rings is 1. The van der Waals surface area contributed by atoms with Crippen molar-refractivity contribution in [1.29, 1.82) is 0 Å². The van der Waals surface area contributed by atoms with Gasteiger partial charge in [-0.25, -0.2) is 0 Å². The Morgan fingerprint density at radius 1 is 1.53 bits per heavy atom. The molecule has 1 saturated heterocycles. The van der Waals surface area contributed by atoms with E-state index in [2.05, 4.69) is 10.6 Å². The highest BCUT2D eigenvalue weighted by Gasteiger charge is 2.23. The molecule has 1 unspecified atom stereocenters. The molecule has 0 bridgehead atoms. The number of anilines is 1. The third kappa shape index (κ3) is 3.28. The molecule has 0 spiro atoms. The van der Waals surface area contributed by atoms with Crippen LogP contribution in [-0.2, 0) is 16.1 Å². The first kappa shape index (κ1) is 12.1. The van der Waals surface area contributed by atoms with Crippen molar-refractivity contribution < 1.29 is 9.53 Å². The van der Waals surface area contributed by atoms with Crippen LogP contribution in [0.3, 0.4) is 0 Å². The third-order valence-corrected chi connectivity index (χ3v) is 2.88. The fourth-order valence-corrected chi connectivity index (χ4v) is 1.95. The molecule has 4 heteroatoms. The van der Waals surface area contributed by atoms with Gasteiger partial charge in [-0.2, -0.15) is 0 Å². The Morgan fingerprint density at radius 2 is 2.41 bits per heavy atom. The summed E-state index contributed by atoms with van der Waals surface area (Å²) in [6, 6.07) is 7.88. The van der Waals surface area contributed by atoms with E-state index in [1.54, 1.807) is 0 Å². The lowest BCUT2D eigenvalue weighted by atomic mass is 10.1. The van der Waals surface area contributed by atoms with Crippen molar-refractivity contribution in [2.24, 2.45) is 5.92 Å². The minimum absolute atomic E-state index is 0.00274. The van der Waals surface area contributed by atoms with Crippen LogP contribution in [0.5, 0.6) is 0 Å². The summed E-state index contributed by atoms with van der Waals surface area (Å²) in [5.74, 6) is 0.0621. The first-order chi connectivity index (χ1) is 8.29. The molecule has 1 aromatic carbocycles. The number of hydrogen-bond acceptors (Lipinski definition) is 3. The second kappa shape index (κ2) is 5.80. The average molecular weight is 234 g/mol. The molecule has 1 atom stereocenters. The van der Waals surface area contributed by atoms with Crippen LogP contribution in [0.1, 0.15) is 12.0 Å². The zero-order valence-corrected chi connectivity index (χ0v) is 10.0. The monoisotopic (exact) mass is 234 g/mol. The van der Waals surface area contributed by atoms with E-state index in [1.807, 2.05) is 31.3 Å². The Kier molecular flexibility index (Phi) is 4.12. The summed E-state index contributed by atoms with van der Waals surface area (Å²) in [5.41, 5.74) is 2.02. The number of ether oxygens (including phenoxy) is 1. The molecular weight excluding hydrogens is 216 g/mol. The maximum Gasteiger partial charge on any atom is 0.229 e. The van der Waals surface area contributed by atoms with Gasteiger partial charge in [0.1, 0.15) is 0 Å². The van der Waals surface area contributed by atoms with Crippen molar-refractivity contribution in [2.75, 3.05) is 25.6 Å². The number of nitrogens with one attached hydrogen (secondary N) is 2. The van der Waals surface area contributed by atoms with E-state index in [1.165, 1.54) is 0 Å². The Balaban J connectivity index is 1.97. The van der Waals surface area contributed by atoms with Gasteiger partial charge < -0.3 is 15.4 Å². The molecule has 1 aliphatic heterocycles. The Bertz CT molecular complexity index is 387. The molecule has 1 amide bonds. The molecule has 1 heterocycles. The lowest BCUT2D eigenvalue weighted by Crippen LogP contribution is -2.22. The van der Waals surface area contributed by atoms with Gasteiger partial charge in [0.15, 0.2) is 0 Å². The summed E-state index contributed by atoms with van der Waals surface area (Å²) in [5, 5.41) is 6.02. The number of carbonyl (C=O) groups excluding carboxylic acids is 1. The highest BCUT2D eigenvalue weighted by atomic mass is 16.5. The van der Waals surface area contributed by atoms with Crippen LogP contribution >= 0.6 is 0 Å². The molecule has 0 radical (unpaired) electrons. The molecule has 92 valence electrons. The van der Waals surface area contributed by atoms with Crippen LogP contribution in [0.15, 0.2) is 24.3 Å². The number of rotatable bonds is 4. The van der Waals surface area contributed by atoms with Crippen molar-refractivity contribution in [2.45, 2.75) is 13.0 Å². The van der Waals surface area contributed by atoms with E-state index >= 15 is 0 Å². The SMILES string of the molecule is CNCc1cccc(NC(=O)C2CCOC2)c1. The normalized spacial score (nSPS) is 19.2. The molecule has 0 aliphatic carbocycles. The van der Waals surface area contributed by atoms with Gasteiger partial charge in [0.25, 0.3) is 0 Å². The van der Waals surface area contributed by atoms with E-state index in [0.717, 1.165) is 24.2 Å². The lowest BCUT2D eigenvalue weighted by molar-refractivity contribution is -0.119. The second-order valence-corrected chi connectivity index (χ2v) is 4.28. The number of carbonyl (C=O) groups is 1. The standard InChI is InChI=1S/C13H18N2O2/c1-14-8-10-3-2-4-12(7-10)15-13(16)11-5-6-17-9-11/h2-4,7,11,14H,5-6,8-9H2,1H3,(H,15,16). The second-order valence-electron chi connectivity index (χ2n) is 4.28. The molecule has 1 fully saturated rings. The largest absolute Gasteiger partial charge is 0.381 e. The van der Waals surface area contributed by atoms with Crippen molar-refractivity contribution >= 4 is 11.6 Å². The van der Waals surface area contributed by atoms with E-state index in [0.29, 0.717) is 13.2 Å². The molecule has 4 nitrogen and oxygen atoms in total. The molecule has 1 aliphatic rings. The minimum Gasteiger partial charge on any atom is -0.381 e. The fourth-order valence-electron chi connectivity index (χ4n) is 1.95. The van der Waals surface area contributed by atoms with Crippen LogP contribution in [0.2, 0.25) is 0 Å². The highest BCUT2D eigenvalue weighted by molar-refractivity contribution is 5.92. The molecule has 0 saturated carbocycles. The number of hydrogen-bond donors (Lipinski definition) is 2. The molecule has 1 aromatic rings. The van der Waals surface area contributed by atoms with Gasteiger partial charge in [-0.1, -0.05) is 12.1 Å². The first-order valence-electron chi connectivity index (χ1n) is 5.92. The quantitative estimate of drug-likeness (QED) is 0.827. The Labute approximate surface area is 101 Å². The van der Waals surface area contributed by atoms with E-state index < -0.39 is 0 Å². The van der Waals surface area contributed by atoms with Crippen molar-refractivity contribution in [3.8, 4) is 0 Å². The summed E-state index contributed by atoms with van der Waals surface area (Å²) < 4.78 is 5.21. The van der Waals surface area contributed by atoms with Crippen LogP contribution < -0.4 is 10.6 Å². The third-order valence-electron chi connectivity index (χ3n) is 2.88. The zero-order valence-electron chi connectivity index (χ0n) is 10.0. The van der Waals surface area contributed by atoms with E-state index in [4.69, 9.17) is 4.74 Å². The maximum absolute atomic E-state index is 11.9. The van der Waals surface area contributed by atoms with Crippen molar-refractivity contribution in [1.82, 2.24) is 5.32 Å². The van der Waals surface area contributed by atoms with Gasteiger partial charge >= 0.3 is 0 Å². The lowest BCUT2D eigenvalue weighted by Gasteiger charge is -2.10. The van der Waals surface area contributed by atoms with Gasteiger partial charge in [-0.15, -0.1) is 0 Å². The first-order valence-corrected chi connectivity index (χ1v) is 5.92. The van der Waals surface area contributed by atoms with E-state index in [9.17, 15) is 4.79 Å². The average Bonchev–Trinajstić information content (AvgIpc) is 2.83. The fraction of sp³-hybridized carbons (Fsp3) is 0.462. The summed E-state index contributed by atoms with van der Waals surface area (Å²) in [6.07, 6.45) is 0.821. The summed E-state index contributed by atoms with van der Waals surface area (Å²) in [7, 11) is 1.90. The van der Waals surface area contributed by atoms with Crippen molar-refractivity contribution in [3.05, 3.63) is 29.8 Å². The van der Waals surface area contributed by atoms with Crippen LogP contribution in [0.4, 0.5) is 5.69 Å². The smallest absolute Gasteiger partial charge is 0.229 e. The molecule has 17 heavy (non-hydrogen) atoms.